The van der Waals surface area contributed by atoms with Crippen molar-refractivity contribution in [2.45, 2.75) is 32.5 Å². The maximum Gasteiger partial charge on any atom is 0.319 e. The number of nitrogens with one attached hydrogen (secondary N) is 2. The number of alkyl halides is 2. The van der Waals surface area contributed by atoms with E-state index in [4.69, 9.17) is 4.74 Å². The van der Waals surface area contributed by atoms with Crippen LogP contribution < -0.4 is 15.4 Å². The lowest BCUT2D eigenvalue weighted by Gasteiger charge is -2.20. The summed E-state index contributed by atoms with van der Waals surface area (Å²) in [4.78, 5) is 7.94. The third kappa shape index (κ3) is 5.68. The molecule has 0 amide bonds. The van der Waals surface area contributed by atoms with Gasteiger partial charge in [0.05, 0.1) is 13.1 Å². The van der Waals surface area contributed by atoms with Crippen LogP contribution >= 0.6 is 0 Å². The van der Waals surface area contributed by atoms with E-state index in [1.54, 1.807) is 19.2 Å². The monoisotopic (exact) mass is 369 g/mol. The number of hydrogen-bond donors (Lipinski definition) is 2. The van der Waals surface area contributed by atoms with Crippen molar-refractivity contribution < 1.29 is 17.9 Å². The van der Waals surface area contributed by atoms with Crippen molar-refractivity contribution in [1.29, 1.82) is 0 Å². The van der Waals surface area contributed by atoms with Gasteiger partial charge in [-0.15, -0.1) is 0 Å². The highest BCUT2D eigenvalue weighted by Crippen LogP contribution is 2.15. The van der Waals surface area contributed by atoms with Gasteiger partial charge in [0.1, 0.15) is 23.5 Å². The van der Waals surface area contributed by atoms with Crippen LogP contribution in [-0.2, 0) is 6.54 Å². The molecule has 1 unspecified atom stereocenters. The summed E-state index contributed by atoms with van der Waals surface area (Å²) in [6.07, 6.45) is 3.02. The molecule has 0 aliphatic heterocycles. The quantitative estimate of drug-likeness (QED) is 0.555. The molecule has 0 radical (unpaired) electrons. The number of aliphatic imine (C=N–C) groups is 1. The topological polar surface area (TPSA) is 63.5 Å². The fourth-order valence-electron chi connectivity index (χ4n) is 2.25. The Balaban J connectivity index is 1.85. The molecule has 142 valence electrons. The smallest absolute Gasteiger partial charge is 0.319 e. The zero-order valence-corrected chi connectivity index (χ0v) is 14.6. The molecule has 1 aromatic carbocycles. The van der Waals surface area contributed by atoms with Gasteiger partial charge in [-0.2, -0.15) is 8.78 Å². The van der Waals surface area contributed by atoms with Gasteiger partial charge in [0.15, 0.2) is 5.96 Å². The maximum absolute atomic E-state index is 13.2. The number of halogens is 3. The Bertz CT molecular complexity index is 720. The van der Waals surface area contributed by atoms with Gasteiger partial charge < -0.3 is 15.4 Å². The summed E-state index contributed by atoms with van der Waals surface area (Å²) in [5.41, 5.74) is 0. The lowest BCUT2D eigenvalue weighted by molar-refractivity contribution is 0.0668. The molecule has 9 heteroatoms. The molecule has 26 heavy (non-hydrogen) atoms. The van der Waals surface area contributed by atoms with E-state index in [0.717, 1.165) is 4.57 Å². The summed E-state index contributed by atoms with van der Waals surface area (Å²) < 4.78 is 45.4. The summed E-state index contributed by atoms with van der Waals surface area (Å²) in [5, 5.41) is 5.99. The standard InChI is InChI=1S/C17H22F3N5O/c1-3-13(26-14-6-4-5-12(18)9-14)10-23-17(21-2)24-11-15-22-7-8-25(15)16(19)20/h4-9,13,16H,3,10-11H2,1-2H3,(H2,21,23,24). The highest BCUT2D eigenvalue weighted by Gasteiger charge is 2.13. The normalized spacial score (nSPS) is 12.9. The molecule has 1 atom stereocenters. The van der Waals surface area contributed by atoms with Gasteiger partial charge in [-0.3, -0.25) is 9.56 Å². The molecule has 1 heterocycles. The van der Waals surface area contributed by atoms with Crippen LogP contribution in [0.3, 0.4) is 0 Å². The van der Waals surface area contributed by atoms with Crippen LogP contribution in [0.15, 0.2) is 41.7 Å². The first-order chi connectivity index (χ1) is 12.5. The van der Waals surface area contributed by atoms with Crippen LogP contribution in [0.5, 0.6) is 5.75 Å². The SMILES string of the molecule is CCC(CNC(=NC)NCc1nccn1C(F)F)Oc1cccc(F)c1. The highest BCUT2D eigenvalue weighted by molar-refractivity contribution is 5.79. The fourth-order valence-corrected chi connectivity index (χ4v) is 2.25. The van der Waals surface area contributed by atoms with Crippen molar-refractivity contribution in [2.24, 2.45) is 4.99 Å². The first-order valence-electron chi connectivity index (χ1n) is 8.20. The van der Waals surface area contributed by atoms with Crippen LogP contribution in [-0.4, -0.2) is 35.2 Å². The Morgan fingerprint density at radius 1 is 1.35 bits per heavy atom. The second-order valence-corrected chi connectivity index (χ2v) is 5.44. The zero-order chi connectivity index (χ0) is 18.9. The molecule has 0 saturated heterocycles. The average molecular weight is 369 g/mol. The number of guanidine groups is 1. The predicted molar refractivity (Wildman–Crippen MR) is 92.8 cm³/mol. The molecule has 2 aromatic rings. The second kappa shape index (κ2) is 9.69. The van der Waals surface area contributed by atoms with E-state index in [-0.39, 0.29) is 24.3 Å². The number of nitrogens with zero attached hydrogens (tertiary/aromatic N) is 3. The number of aromatic nitrogens is 2. The number of imidazole rings is 1. The Hall–Kier alpha value is -2.71. The third-order valence-corrected chi connectivity index (χ3v) is 3.65. The van der Waals surface area contributed by atoms with Crippen LogP contribution in [0.2, 0.25) is 0 Å². The van der Waals surface area contributed by atoms with Gasteiger partial charge in [0, 0.05) is 25.5 Å². The lowest BCUT2D eigenvalue weighted by atomic mass is 10.2. The van der Waals surface area contributed by atoms with E-state index in [9.17, 15) is 13.2 Å². The second-order valence-electron chi connectivity index (χ2n) is 5.44. The van der Waals surface area contributed by atoms with Crippen LogP contribution in [0.4, 0.5) is 13.2 Å². The van der Waals surface area contributed by atoms with Crippen molar-refractivity contribution in [3.63, 3.8) is 0 Å². The summed E-state index contributed by atoms with van der Waals surface area (Å²) in [7, 11) is 1.57. The first-order valence-corrected chi connectivity index (χ1v) is 8.20. The van der Waals surface area contributed by atoms with Crippen LogP contribution in [0.25, 0.3) is 0 Å². The van der Waals surface area contributed by atoms with Crippen molar-refractivity contribution in [2.75, 3.05) is 13.6 Å². The van der Waals surface area contributed by atoms with E-state index in [0.29, 0.717) is 24.7 Å². The molecule has 6 nitrogen and oxygen atoms in total. The average Bonchev–Trinajstić information content (AvgIpc) is 3.09. The molecule has 0 fully saturated rings. The van der Waals surface area contributed by atoms with Crippen molar-refractivity contribution in [3.05, 3.63) is 48.3 Å². The van der Waals surface area contributed by atoms with Gasteiger partial charge in [0.25, 0.3) is 0 Å². The van der Waals surface area contributed by atoms with E-state index in [1.807, 2.05) is 6.92 Å². The van der Waals surface area contributed by atoms with Crippen LogP contribution in [0.1, 0.15) is 25.7 Å². The molecule has 0 aliphatic rings. The number of ether oxygens (including phenoxy) is 1. The van der Waals surface area contributed by atoms with E-state index >= 15 is 0 Å². The maximum atomic E-state index is 13.2. The van der Waals surface area contributed by atoms with E-state index in [2.05, 4.69) is 20.6 Å². The minimum atomic E-state index is -2.64. The van der Waals surface area contributed by atoms with Crippen molar-refractivity contribution >= 4 is 5.96 Å². The number of hydrogen-bond acceptors (Lipinski definition) is 3. The van der Waals surface area contributed by atoms with Gasteiger partial charge in [-0.1, -0.05) is 13.0 Å². The van der Waals surface area contributed by atoms with Gasteiger partial charge in [-0.25, -0.2) is 9.37 Å². The van der Waals surface area contributed by atoms with Crippen molar-refractivity contribution in [3.8, 4) is 5.75 Å². The summed E-state index contributed by atoms with van der Waals surface area (Å²) in [6.45, 7) is -0.191. The predicted octanol–water partition coefficient (Wildman–Crippen LogP) is 2.94. The minimum Gasteiger partial charge on any atom is -0.489 e. The lowest BCUT2D eigenvalue weighted by Crippen LogP contribution is -2.42. The largest absolute Gasteiger partial charge is 0.489 e. The Labute approximate surface area is 150 Å². The molecule has 0 bridgehead atoms. The van der Waals surface area contributed by atoms with Gasteiger partial charge >= 0.3 is 6.55 Å². The molecule has 2 rings (SSSR count). The fraction of sp³-hybridized carbons (Fsp3) is 0.412. The zero-order valence-electron chi connectivity index (χ0n) is 14.6. The summed E-state index contributed by atoms with van der Waals surface area (Å²) in [6, 6.07) is 5.93. The van der Waals surface area contributed by atoms with Gasteiger partial charge in [0.2, 0.25) is 0 Å². The first kappa shape index (κ1) is 19.6. The Kier molecular flexibility index (Phi) is 7.31. The summed E-state index contributed by atoms with van der Waals surface area (Å²) in [5.74, 6) is 0.707. The molecular weight excluding hydrogens is 347 g/mol. The van der Waals surface area contributed by atoms with Crippen LogP contribution in [0, 0.1) is 5.82 Å². The van der Waals surface area contributed by atoms with Gasteiger partial charge in [-0.05, 0) is 18.6 Å². The molecule has 1 aromatic heterocycles. The molecular formula is C17H22F3N5O. The Morgan fingerprint density at radius 2 is 2.15 bits per heavy atom. The molecule has 0 spiro atoms. The summed E-state index contributed by atoms with van der Waals surface area (Å²) >= 11 is 0. The molecule has 0 aliphatic carbocycles. The number of benzene rings is 1. The molecule has 2 N–H and O–H groups in total. The molecule has 0 saturated carbocycles. The van der Waals surface area contributed by atoms with E-state index in [1.165, 1.54) is 24.5 Å². The third-order valence-electron chi connectivity index (χ3n) is 3.65. The Morgan fingerprint density at radius 3 is 2.81 bits per heavy atom. The minimum absolute atomic E-state index is 0.0958. The van der Waals surface area contributed by atoms with Crippen molar-refractivity contribution in [1.82, 2.24) is 20.2 Å². The highest BCUT2D eigenvalue weighted by atomic mass is 19.3. The number of rotatable bonds is 8. The van der Waals surface area contributed by atoms with E-state index < -0.39 is 6.55 Å².